The molecule has 1 aromatic carbocycles. The Labute approximate surface area is 111 Å². The molecule has 0 atom stereocenters. The summed E-state index contributed by atoms with van der Waals surface area (Å²) < 4.78 is 0. The van der Waals surface area contributed by atoms with Crippen LogP contribution in [-0.4, -0.2) is 5.91 Å². The van der Waals surface area contributed by atoms with E-state index in [1.807, 2.05) is 0 Å². The second kappa shape index (κ2) is 5.74. The molecular weight excluding hydrogens is 257 g/mol. The van der Waals surface area contributed by atoms with E-state index in [9.17, 15) is 4.79 Å². The average Bonchev–Trinajstić information content (AvgIpc) is 2.35. The van der Waals surface area contributed by atoms with E-state index in [1.165, 1.54) is 6.42 Å². The molecule has 0 heterocycles. The zero-order valence-corrected chi connectivity index (χ0v) is 11.0. The number of halogens is 2. The van der Waals surface area contributed by atoms with Crippen LogP contribution in [-0.2, 0) is 4.79 Å². The number of nitrogens with one attached hydrogen (secondary N) is 1. The van der Waals surface area contributed by atoms with Crippen molar-refractivity contribution < 1.29 is 4.79 Å². The maximum atomic E-state index is 12.0. The van der Waals surface area contributed by atoms with Gasteiger partial charge in [-0.3, -0.25) is 4.79 Å². The van der Waals surface area contributed by atoms with E-state index >= 15 is 0 Å². The van der Waals surface area contributed by atoms with Crippen LogP contribution in [0.15, 0.2) is 18.2 Å². The van der Waals surface area contributed by atoms with Gasteiger partial charge < -0.3 is 5.32 Å². The highest BCUT2D eigenvalue weighted by molar-refractivity contribution is 6.35. The maximum Gasteiger partial charge on any atom is 0.227 e. The molecule has 1 aromatic rings. The van der Waals surface area contributed by atoms with Crippen molar-refractivity contribution in [1.29, 1.82) is 0 Å². The van der Waals surface area contributed by atoms with E-state index in [-0.39, 0.29) is 11.8 Å². The Kier molecular flexibility index (Phi) is 4.30. The lowest BCUT2D eigenvalue weighted by atomic mass is 9.88. The molecule has 0 aromatic heterocycles. The molecule has 0 saturated heterocycles. The summed E-state index contributed by atoms with van der Waals surface area (Å²) in [7, 11) is 0. The van der Waals surface area contributed by atoms with Crippen LogP contribution in [0.25, 0.3) is 0 Å². The van der Waals surface area contributed by atoms with E-state index in [2.05, 4.69) is 5.32 Å². The molecule has 1 aliphatic rings. The van der Waals surface area contributed by atoms with E-state index in [0.717, 1.165) is 25.7 Å². The highest BCUT2D eigenvalue weighted by Gasteiger charge is 2.21. The second-order valence-corrected chi connectivity index (χ2v) is 5.29. The summed E-state index contributed by atoms with van der Waals surface area (Å²) in [6.07, 6.45) is 5.47. The molecule has 1 N–H and O–H groups in total. The first-order valence-corrected chi connectivity index (χ1v) is 6.68. The van der Waals surface area contributed by atoms with Gasteiger partial charge in [0.2, 0.25) is 5.91 Å². The van der Waals surface area contributed by atoms with Crippen LogP contribution >= 0.6 is 23.2 Å². The Morgan fingerprint density at radius 3 is 2.59 bits per heavy atom. The Morgan fingerprint density at radius 2 is 1.88 bits per heavy atom. The summed E-state index contributed by atoms with van der Waals surface area (Å²) in [5.74, 6) is 0.188. The number of benzene rings is 1. The smallest absolute Gasteiger partial charge is 0.227 e. The summed E-state index contributed by atoms with van der Waals surface area (Å²) in [5, 5.41) is 3.97. The van der Waals surface area contributed by atoms with E-state index in [4.69, 9.17) is 23.2 Å². The molecule has 1 amide bonds. The van der Waals surface area contributed by atoms with Crippen molar-refractivity contribution >= 4 is 34.8 Å². The Morgan fingerprint density at radius 1 is 1.18 bits per heavy atom. The van der Waals surface area contributed by atoms with Gasteiger partial charge in [0.1, 0.15) is 0 Å². The van der Waals surface area contributed by atoms with Crippen molar-refractivity contribution in [2.75, 3.05) is 5.32 Å². The van der Waals surface area contributed by atoms with Gasteiger partial charge in [0.25, 0.3) is 0 Å². The molecule has 1 aliphatic carbocycles. The molecular formula is C13H15Cl2NO. The highest BCUT2D eigenvalue weighted by atomic mass is 35.5. The van der Waals surface area contributed by atoms with Crippen LogP contribution in [0.5, 0.6) is 0 Å². The lowest BCUT2D eigenvalue weighted by molar-refractivity contribution is -0.120. The molecule has 92 valence electrons. The molecule has 4 heteroatoms. The van der Waals surface area contributed by atoms with Crippen molar-refractivity contribution in [3.63, 3.8) is 0 Å². The number of carbonyl (C=O) groups is 1. The van der Waals surface area contributed by atoms with Gasteiger partial charge >= 0.3 is 0 Å². The third-order valence-corrected chi connectivity index (χ3v) is 3.73. The zero-order valence-electron chi connectivity index (χ0n) is 9.51. The topological polar surface area (TPSA) is 29.1 Å². The quantitative estimate of drug-likeness (QED) is 0.843. The van der Waals surface area contributed by atoms with E-state index in [0.29, 0.717) is 15.7 Å². The first kappa shape index (κ1) is 12.7. The summed E-state index contributed by atoms with van der Waals surface area (Å²) in [4.78, 5) is 12.0. The monoisotopic (exact) mass is 271 g/mol. The molecule has 2 rings (SSSR count). The predicted octanol–water partition coefficient (Wildman–Crippen LogP) is 4.51. The number of hydrogen-bond acceptors (Lipinski definition) is 1. The summed E-state index contributed by atoms with van der Waals surface area (Å²) in [6, 6.07) is 5.09. The molecule has 0 aliphatic heterocycles. The van der Waals surface area contributed by atoms with Gasteiger partial charge in [0.15, 0.2) is 0 Å². The van der Waals surface area contributed by atoms with Gasteiger partial charge in [0.05, 0.1) is 10.7 Å². The third-order valence-electron chi connectivity index (χ3n) is 3.16. The van der Waals surface area contributed by atoms with Crippen molar-refractivity contribution in [1.82, 2.24) is 0 Å². The zero-order chi connectivity index (χ0) is 12.3. The predicted molar refractivity (Wildman–Crippen MR) is 71.7 cm³/mol. The molecule has 1 fully saturated rings. The van der Waals surface area contributed by atoms with E-state index < -0.39 is 0 Å². The van der Waals surface area contributed by atoms with E-state index in [1.54, 1.807) is 18.2 Å². The standard InChI is InChI=1S/C13H15Cl2NO/c14-10-6-7-11(15)12(8-10)16-13(17)9-4-2-1-3-5-9/h6-9H,1-5H2,(H,16,17). The van der Waals surface area contributed by atoms with Crippen LogP contribution in [0.4, 0.5) is 5.69 Å². The van der Waals surface area contributed by atoms with Gasteiger partial charge in [-0.15, -0.1) is 0 Å². The maximum absolute atomic E-state index is 12.0. The van der Waals surface area contributed by atoms with Crippen LogP contribution in [0.2, 0.25) is 10.0 Å². The minimum Gasteiger partial charge on any atom is -0.324 e. The number of rotatable bonds is 2. The molecule has 2 nitrogen and oxygen atoms in total. The Hall–Kier alpha value is -0.730. The Balaban J connectivity index is 2.04. The number of carbonyl (C=O) groups excluding carboxylic acids is 1. The normalized spacial score (nSPS) is 16.8. The van der Waals surface area contributed by atoms with Crippen molar-refractivity contribution in [3.8, 4) is 0 Å². The van der Waals surface area contributed by atoms with Crippen LogP contribution in [0.3, 0.4) is 0 Å². The third kappa shape index (κ3) is 3.36. The molecule has 17 heavy (non-hydrogen) atoms. The summed E-state index contributed by atoms with van der Waals surface area (Å²) in [6.45, 7) is 0. The van der Waals surface area contributed by atoms with Crippen LogP contribution in [0.1, 0.15) is 32.1 Å². The first-order valence-electron chi connectivity index (χ1n) is 5.93. The molecule has 0 spiro atoms. The van der Waals surface area contributed by atoms with Gasteiger partial charge in [-0.25, -0.2) is 0 Å². The van der Waals surface area contributed by atoms with Crippen molar-refractivity contribution in [2.24, 2.45) is 5.92 Å². The number of amides is 1. The second-order valence-electron chi connectivity index (χ2n) is 4.45. The minimum atomic E-state index is 0.0638. The fourth-order valence-corrected chi connectivity index (χ4v) is 2.53. The van der Waals surface area contributed by atoms with Gasteiger partial charge in [0, 0.05) is 10.9 Å². The Bertz CT molecular complexity index is 414. The molecule has 0 unspecified atom stereocenters. The lowest BCUT2D eigenvalue weighted by Gasteiger charge is -2.21. The first-order chi connectivity index (χ1) is 8.16. The average molecular weight is 272 g/mol. The minimum absolute atomic E-state index is 0.0638. The SMILES string of the molecule is O=C(Nc1cc(Cl)ccc1Cl)C1CCCCC1. The summed E-state index contributed by atoms with van der Waals surface area (Å²) in [5.41, 5.74) is 0.606. The highest BCUT2D eigenvalue weighted by Crippen LogP contribution is 2.28. The van der Waals surface area contributed by atoms with Gasteiger partial charge in [-0.2, -0.15) is 0 Å². The van der Waals surface area contributed by atoms with Gasteiger partial charge in [-0.05, 0) is 31.0 Å². The fraction of sp³-hybridized carbons (Fsp3) is 0.462. The molecule has 0 radical (unpaired) electrons. The number of anilines is 1. The van der Waals surface area contributed by atoms with Crippen LogP contribution < -0.4 is 5.32 Å². The van der Waals surface area contributed by atoms with Crippen molar-refractivity contribution in [2.45, 2.75) is 32.1 Å². The lowest BCUT2D eigenvalue weighted by Crippen LogP contribution is -2.24. The van der Waals surface area contributed by atoms with Gasteiger partial charge in [-0.1, -0.05) is 42.5 Å². The van der Waals surface area contributed by atoms with Crippen molar-refractivity contribution in [3.05, 3.63) is 28.2 Å². The largest absolute Gasteiger partial charge is 0.324 e. The molecule has 0 bridgehead atoms. The number of hydrogen-bond donors (Lipinski definition) is 1. The molecule has 1 saturated carbocycles. The summed E-state index contributed by atoms with van der Waals surface area (Å²) >= 11 is 11.9. The fourth-order valence-electron chi connectivity index (χ4n) is 2.19. The van der Waals surface area contributed by atoms with Crippen LogP contribution in [0, 0.1) is 5.92 Å².